The summed E-state index contributed by atoms with van der Waals surface area (Å²) in [5.74, 6) is -0.445. The van der Waals surface area contributed by atoms with Crippen molar-refractivity contribution in [1.82, 2.24) is 24.9 Å². The molecule has 0 saturated carbocycles. The Morgan fingerprint density at radius 3 is 2.74 bits per heavy atom. The minimum Gasteiger partial charge on any atom is -0.496 e. The van der Waals surface area contributed by atoms with Gasteiger partial charge in [0.15, 0.2) is 5.82 Å². The minimum atomic E-state index is -0.615. The van der Waals surface area contributed by atoms with Gasteiger partial charge in [-0.05, 0) is 55.7 Å². The second-order valence-corrected chi connectivity index (χ2v) is 9.02. The molecule has 1 saturated heterocycles. The highest BCUT2D eigenvalue weighted by atomic mass is 19.1. The van der Waals surface area contributed by atoms with Crippen molar-refractivity contribution in [3.05, 3.63) is 65.2 Å². The van der Waals surface area contributed by atoms with E-state index in [2.05, 4.69) is 15.4 Å². The summed E-state index contributed by atoms with van der Waals surface area (Å²) in [6.07, 6.45) is 2.84. The number of anilines is 1. The molecule has 0 unspecified atom stereocenters. The largest absolute Gasteiger partial charge is 0.496 e. The number of nitrogen functional groups attached to an aromatic ring is 1. The molecule has 1 aliphatic rings. The van der Waals surface area contributed by atoms with Crippen LogP contribution in [0.4, 0.5) is 14.6 Å². The van der Waals surface area contributed by atoms with Crippen LogP contribution in [0.15, 0.2) is 36.7 Å². The molecule has 1 amide bonds. The summed E-state index contributed by atoms with van der Waals surface area (Å²) in [5.41, 5.74) is 7.47. The average molecular weight is 539 g/mol. The fourth-order valence-corrected chi connectivity index (χ4v) is 4.74. The number of amides is 1. The maximum Gasteiger partial charge on any atom is 0.255 e. The van der Waals surface area contributed by atoms with Gasteiger partial charge >= 0.3 is 0 Å². The standard InChI is InChI=1S/C27H28F2N6O4/c1-3-39-21-11-15(13-31-27(36)18-12-17(28)4-5-20(18)37-2)10-19(29)22(21)23-24-25(30)32-14-33-35(24)26(34-23)16-6-8-38-9-7-16/h4-5,10-12,14,16H,3,6-9,13H2,1-2H3,(H,31,36)(H2,30,32,33). The topological polar surface area (TPSA) is 126 Å². The molecule has 1 fully saturated rings. The number of carbonyl (C=O) groups is 1. The molecule has 2 aromatic carbocycles. The number of hydrogen-bond acceptors (Lipinski definition) is 8. The Bertz CT molecular complexity index is 1520. The van der Waals surface area contributed by atoms with Crippen molar-refractivity contribution in [2.75, 3.05) is 32.7 Å². The molecule has 204 valence electrons. The minimum absolute atomic E-state index is 0.0280. The maximum absolute atomic E-state index is 15.8. The van der Waals surface area contributed by atoms with Crippen molar-refractivity contribution in [2.24, 2.45) is 0 Å². The van der Waals surface area contributed by atoms with E-state index in [4.69, 9.17) is 24.9 Å². The fraction of sp³-hybridized carbons (Fsp3) is 0.333. The van der Waals surface area contributed by atoms with Crippen LogP contribution in [0.3, 0.4) is 0 Å². The number of ether oxygens (including phenoxy) is 3. The molecule has 3 N–H and O–H groups in total. The Labute approximate surface area is 223 Å². The lowest BCUT2D eigenvalue weighted by Crippen LogP contribution is -2.23. The highest BCUT2D eigenvalue weighted by Crippen LogP contribution is 2.39. The lowest BCUT2D eigenvalue weighted by Gasteiger charge is -2.20. The normalized spacial score (nSPS) is 13.9. The van der Waals surface area contributed by atoms with Crippen LogP contribution in [0.25, 0.3) is 16.8 Å². The number of halogens is 2. The number of nitrogens with zero attached hydrogens (tertiary/aromatic N) is 4. The van der Waals surface area contributed by atoms with Crippen LogP contribution in [0.2, 0.25) is 0 Å². The molecular weight excluding hydrogens is 510 g/mol. The summed E-state index contributed by atoms with van der Waals surface area (Å²) < 4.78 is 47.7. The van der Waals surface area contributed by atoms with Gasteiger partial charge in [-0.15, -0.1) is 0 Å². The van der Waals surface area contributed by atoms with Crippen LogP contribution in [0.1, 0.15) is 47.4 Å². The Kier molecular flexibility index (Phi) is 7.55. The van der Waals surface area contributed by atoms with E-state index in [1.165, 1.54) is 31.6 Å². The van der Waals surface area contributed by atoms with Crippen molar-refractivity contribution >= 4 is 17.2 Å². The highest BCUT2D eigenvalue weighted by Gasteiger charge is 2.28. The van der Waals surface area contributed by atoms with Crippen molar-refractivity contribution in [1.29, 1.82) is 0 Å². The molecule has 4 aromatic rings. The number of nitrogens with two attached hydrogens (primary N) is 1. The number of benzene rings is 2. The van der Waals surface area contributed by atoms with Gasteiger partial charge < -0.3 is 25.3 Å². The average Bonchev–Trinajstić information content (AvgIpc) is 3.32. The molecule has 0 radical (unpaired) electrons. The molecule has 1 aliphatic heterocycles. The zero-order valence-electron chi connectivity index (χ0n) is 21.5. The Hall–Kier alpha value is -4.32. The first kappa shape index (κ1) is 26.3. The van der Waals surface area contributed by atoms with Gasteiger partial charge in [0.1, 0.15) is 46.5 Å². The maximum atomic E-state index is 15.8. The monoisotopic (exact) mass is 538 g/mol. The van der Waals surface area contributed by atoms with Crippen LogP contribution in [-0.4, -0.2) is 52.4 Å². The van der Waals surface area contributed by atoms with Crippen LogP contribution in [0.5, 0.6) is 11.5 Å². The van der Waals surface area contributed by atoms with Crippen molar-refractivity contribution < 1.29 is 27.8 Å². The molecular formula is C27H28F2N6O4. The summed E-state index contributed by atoms with van der Waals surface area (Å²) in [6, 6.07) is 6.56. The molecule has 0 aliphatic carbocycles. The second-order valence-electron chi connectivity index (χ2n) is 9.02. The molecule has 2 aromatic heterocycles. The van der Waals surface area contributed by atoms with E-state index in [1.54, 1.807) is 17.5 Å². The van der Waals surface area contributed by atoms with Gasteiger partial charge in [-0.1, -0.05) is 0 Å². The molecule has 5 rings (SSSR count). The zero-order chi connectivity index (χ0) is 27.5. The number of hydrogen-bond donors (Lipinski definition) is 2. The fourth-order valence-electron chi connectivity index (χ4n) is 4.74. The van der Waals surface area contributed by atoms with Gasteiger partial charge in [-0.25, -0.2) is 23.3 Å². The van der Waals surface area contributed by atoms with E-state index in [0.29, 0.717) is 30.1 Å². The van der Waals surface area contributed by atoms with Crippen molar-refractivity contribution in [3.63, 3.8) is 0 Å². The van der Waals surface area contributed by atoms with Gasteiger partial charge in [0.25, 0.3) is 5.91 Å². The number of imidazole rings is 1. The van der Waals surface area contributed by atoms with E-state index in [0.717, 1.165) is 18.9 Å². The molecule has 3 heterocycles. The summed E-state index contributed by atoms with van der Waals surface area (Å²) >= 11 is 0. The third kappa shape index (κ3) is 5.19. The number of rotatable bonds is 8. The third-order valence-corrected chi connectivity index (χ3v) is 6.58. The molecule has 10 nitrogen and oxygen atoms in total. The molecule has 0 atom stereocenters. The lowest BCUT2D eigenvalue weighted by atomic mass is 10.00. The van der Waals surface area contributed by atoms with Crippen LogP contribution in [-0.2, 0) is 11.3 Å². The van der Waals surface area contributed by atoms with Crippen molar-refractivity contribution in [2.45, 2.75) is 32.2 Å². The molecule has 0 bridgehead atoms. The van der Waals surface area contributed by atoms with Crippen molar-refractivity contribution in [3.8, 4) is 22.8 Å². The summed E-state index contributed by atoms with van der Waals surface area (Å²) in [4.78, 5) is 21.6. The van der Waals surface area contributed by atoms with Crippen LogP contribution < -0.4 is 20.5 Å². The predicted octanol–water partition coefficient (Wildman–Crippen LogP) is 3.88. The Morgan fingerprint density at radius 1 is 1.21 bits per heavy atom. The number of nitrogens with one attached hydrogen (secondary N) is 1. The van der Waals surface area contributed by atoms with E-state index in [9.17, 15) is 9.18 Å². The number of fused-ring (bicyclic) bond motifs is 1. The second kappa shape index (κ2) is 11.2. The molecule has 12 heteroatoms. The highest BCUT2D eigenvalue weighted by molar-refractivity contribution is 5.97. The molecule has 39 heavy (non-hydrogen) atoms. The first-order valence-corrected chi connectivity index (χ1v) is 12.5. The van der Waals surface area contributed by atoms with Crippen LogP contribution in [0, 0.1) is 11.6 Å². The van der Waals surface area contributed by atoms with Gasteiger partial charge in [-0.3, -0.25) is 4.79 Å². The predicted molar refractivity (Wildman–Crippen MR) is 139 cm³/mol. The summed E-state index contributed by atoms with van der Waals surface area (Å²) in [6.45, 7) is 3.18. The van der Waals surface area contributed by atoms with Gasteiger partial charge in [0, 0.05) is 25.7 Å². The number of methoxy groups -OCH3 is 1. The first-order valence-electron chi connectivity index (χ1n) is 12.5. The number of carbonyl (C=O) groups excluding carboxylic acids is 1. The van der Waals surface area contributed by atoms with E-state index < -0.39 is 17.5 Å². The van der Waals surface area contributed by atoms with Gasteiger partial charge in [-0.2, -0.15) is 5.10 Å². The quantitative estimate of drug-likeness (QED) is 0.346. The number of aromatic nitrogens is 4. The SMILES string of the molecule is CCOc1cc(CNC(=O)c2cc(F)ccc2OC)cc(F)c1-c1nc(C2CCOCC2)n2ncnc(N)c12. The van der Waals surface area contributed by atoms with Crippen LogP contribution >= 0.6 is 0 Å². The summed E-state index contributed by atoms with van der Waals surface area (Å²) in [7, 11) is 1.39. The van der Waals surface area contributed by atoms with Gasteiger partial charge in [0.05, 0.1) is 24.8 Å². The Morgan fingerprint density at radius 2 is 2.00 bits per heavy atom. The van der Waals surface area contributed by atoms with E-state index in [1.807, 2.05) is 0 Å². The lowest BCUT2D eigenvalue weighted by molar-refractivity contribution is 0.0832. The summed E-state index contributed by atoms with van der Waals surface area (Å²) in [5, 5.41) is 7.04. The van der Waals surface area contributed by atoms with E-state index >= 15 is 4.39 Å². The smallest absolute Gasteiger partial charge is 0.255 e. The Balaban J connectivity index is 1.52. The first-order chi connectivity index (χ1) is 18.9. The van der Waals surface area contributed by atoms with Gasteiger partial charge in [0.2, 0.25) is 0 Å². The molecule has 0 spiro atoms. The zero-order valence-corrected chi connectivity index (χ0v) is 21.5. The van der Waals surface area contributed by atoms with E-state index in [-0.39, 0.29) is 53.2 Å². The third-order valence-electron chi connectivity index (χ3n) is 6.58.